The molecule has 4 unspecified atom stereocenters. The highest BCUT2D eigenvalue weighted by molar-refractivity contribution is 6.31. The molecule has 1 saturated carbocycles. The van der Waals surface area contributed by atoms with Gasteiger partial charge < -0.3 is 5.32 Å². The van der Waals surface area contributed by atoms with E-state index in [1.54, 1.807) is 0 Å². The Kier molecular flexibility index (Phi) is 4.10. The van der Waals surface area contributed by atoms with Crippen molar-refractivity contribution in [2.75, 3.05) is 13.1 Å². The second-order valence-electron chi connectivity index (χ2n) is 6.92. The molecule has 1 aromatic carbocycles. The average Bonchev–Trinajstić information content (AvgIpc) is 2.46. The SMILES string of the molecule is CC1CCCC2(CCNCC2c2ccccc2Cl)C1C. The molecule has 110 valence electrons. The standard InChI is InChI=1S/C18H26ClN/c1-13-6-5-9-18(14(13)2)10-11-20-12-16(18)15-7-3-4-8-17(15)19/h3-4,7-8,13-14,16,20H,5-6,9-12H2,1-2H3. The minimum absolute atomic E-state index is 0.452. The molecule has 0 radical (unpaired) electrons. The predicted molar refractivity (Wildman–Crippen MR) is 86.3 cm³/mol. The van der Waals surface area contributed by atoms with E-state index in [2.05, 4.69) is 37.4 Å². The maximum Gasteiger partial charge on any atom is 0.0441 e. The molecule has 1 N–H and O–H groups in total. The molecular formula is C18H26ClN. The van der Waals surface area contributed by atoms with E-state index in [1.807, 2.05) is 6.07 Å². The third-order valence-corrected chi connectivity index (χ3v) is 6.50. The van der Waals surface area contributed by atoms with Gasteiger partial charge in [0.2, 0.25) is 0 Å². The molecule has 2 heteroatoms. The number of hydrogen-bond donors (Lipinski definition) is 1. The molecule has 1 heterocycles. The Morgan fingerprint density at radius 3 is 2.80 bits per heavy atom. The molecule has 0 amide bonds. The van der Waals surface area contributed by atoms with Gasteiger partial charge in [0.1, 0.15) is 0 Å². The van der Waals surface area contributed by atoms with Crippen molar-refractivity contribution < 1.29 is 0 Å². The first-order chi connectivity index (χ1) is 9.65. The summed E-state index contributed by atoms with van der Waals surface area (Å²) in [4.78, 5) is 0. The quantitative estimate of drug-likeness (QED) is 0.779. The summed E-state index contributed by atoms with van der Waals surface area (Å²) in [7, 11) is 0. The predicted octanol–water partition coefficient (Wildman–Crippen LogP) is 4.86. The van der Waals surface area contributed by atoms with Gasteiger partial charge in [0.25, 0.3) is 0 Å². The van der Waals surface area contributed by atoms with Gasteiger partial charge in [-0.05, 0) is 48.3 Å². The molecule has 1 nitrogen and oxygen atoms in total. The highest BCUT2D eigenvalue weighted by Crippen LogP contribution is 2.56. The van der Waals surface area contributed by atoms with E-state index in [4.69, 9.17) is 11.6 Å². The van der Waals surface area contributed by atoms with Crippen LogP contribution in [0.2, 0.25) is 5.02 Å². The first kappa shape index (κ1) is 14.4. The lowest BCUT2D eigenvalue weighted by molar-refractivity contribution is 0.00906. The average molecular weight is 292 g/mol. The van der Waals surface area contributed by atoms with Gasteiger partial charge >= 0.3 is 0 Å². The molecule has 3 rings (SSSR count). The van der Waals surface area contributed by atoms with Crippen molar-refractivity contribution in [1.29, 1.82) is 0 Å². The van der Waals surface area contributed by atoms with Crippen molar-refractivity contribution >= 4 is 11.6 Å². The first-order valence-corrected chi connectivity index (χ1v) is 8.48. The molecule has 20 heavy (non-hydrogen) atoms. The van der Waals surface area contributed by atoms with Crippen molar-refractivity contribution in [3.8, 4) is 0 Å². The van der Waals surface area contributed by atoms with Crippen LogP contribution < -0.4 is 5.32 Å². The Balaban J connectivity index is 2.01. The maximum atomic E-state index is 6.52. The van der Waals surface area contributed by atoms with E-state index in [1.165, 1.54) is 31.2 Å². The Bertz CT molecular complexity index is 468. The summed E-state index contributed by atoms with van der Waals surface area (Å²) in [6.45, 7) is 7.18. The lowest BCUT2D eigenvalue weighted by Crippen LogP contribution is -2.50. The van der Waals surface area contributed by atoms with Crippen LogP contribution in [0.1, 0.15) is 51.0 Å². The highest BCUT2D eigenvalue weighted by Gasteiger charge is 2.48. The highest BCUT2D eigenvalue weighted by atomic mass is 35.5. The van der Waals surface area contributed by atoms with Crippen LogP contribution in [-0.2, 0) is 0 Å². The minimum Gasteiger partial charge on any atom is -0.316 e. The zero-order chi connectivity index (χ0) is 14.2. The van der Waals surface area contributed by atoms with Gasteiger partial charge in [-0.15, -0.1) is 0 Å². The van der Waals surface area contributed by atoms with Crippen molar-refractivity contribution in [2.24, 2.45) is 17.3 Å². The molecule has 0 aromatic heterocycles. The van der Waals surface area contributed by atoms with Crippen LogP contribution >= 0.6 is 11.6 Å². The molecule has 1 aliphatic heterocycles. The lowest BCUT2D eigenvalue weighted by atomic mass is 9.53. The van der Waals surface area contributed by atoms with Crippen molar-refractivity contribution in [1.82, 2.24) is 5.32 Å². The summed E-state index contributed by atoms with van der Waals surface area (Å²) in [5.74, 6) is 2.20. The van der Waals surface area contributed by atoms with E-state index < -0.39 is 0 Å². The molecule has 1 aromatic rings. The molecule has 4 atom stereocenters. The van der Waals surface area contributed by atoms with Crippen LogP contribution in [-0.4, -0.2) is 13.1 Å². The summed E-state index contributed by atoms with van der Waals surface area (Å²) in [6.07, 6.45) is 5.45. The van der Waals surface area contributed by atoms with E-state index in [9.17, 15) is 0 Å². The van der Waals surface area contributed by atoms with E-state index in [-0.39, 0.29) is 0 Å². The van der Waals surface area contributed by atoms with Gasteiger partial charge in [-0.2, -0.15) is 0 Å². The van der Waals surface area contributed by atoms with E-state index in [0.29, 0.717) is 11.3 Å². The zero-order valence-electron chi connectivity index (χ0n) is 12.7. The third kappa shape index (κ3) is 2.29. The van der Waals surface area contributed by atoms with Crippen LogP contribution in [0.15, 0.2) is 24.3 Å². The molecule has 1 spiro atoms. The Hall–Kier alpha value is -0.530. The molecule has 2 aliphatic rings. The summed E-state index contributed by atoms with van der Waals surface area (Å²) in [6, 6.07) is 8.48. The van der Waals surface area contributed by atoms with Gasteiger partial charge in [-0.25, -0.2) is 0 Å². The number of nitrogens with one attached hydrogen (secondary N) is 1. The molecule has 1 saturated heterocycles. The molecule has 1 aliphatic carbocycles. The van der Waals surface area contributed by atoms with Crippen molar-refractivity contribution in [2.45, 2.75) is 45.4 Å². The maximum absolute atomic E-state index is 6.52. The van der Waals surface area contributed by atoms with Crippen molar-refractivity contribution in [3.63, 3.8) is 0 Å². The summed E-state index contributed by atoms with van der Waals surface area (Å²) in [5, 5.41) is 4.56. The van der Waals surface area contributed by atoms with Gasteiger partial charge in [0.05, 0.1) is 0 Å². The number of piperidine rings is 1. The van der Waals surface area contributed by atoms with Crippen LogP contribution in [0, 0.1) is 17.3 Å². The van der Waals surface area contributed by atoms with E-state index in [0.717, 1.165) is 29.9 Å². The van der Waals surface area contributed by atoms with E-state index >= 15 is 0 Å². The smallest absolute Gasteiger partial charge is 0.0441 e. The van der Waals surface area contributed by atoms with Crippen LogP contribution in [0.3, 0.4) is 0 Å². The second kappa shape index (κ2) is 5.69. The first-order valence-electron chi connectivity index (χ1n) is 8.10. The molecular weight excluding hydrogens is 266 g/mol. The fourth-order valence-electron chi connectivity index (χ4n) is 4.76. The molecule has 0 bridgehead atoms. The van der Waals surface area contributed by atoms with Crippen LogP contribution in [0.25, 0.3) is 0 Å². The van der Waals surface area contributed by atoms with Crippen LogP contribution in [0.4, 0.5) is 0 Å². The Morgan fingerprint density at radius 2 is 2.00 bits per heavy atom. The number of benzene rings is 1. The summed E-state index contributed by atoms with van der Waals surface area (Å²) >= 11 is 6.52. The summed E-state index contributed by atoms with van der Waals surface area (Å²) in [5.41, 5.74) is 1.82. The minimum atomic E-state index is 0.452. The number of halogens is 1. The Labute approximate surface area is 128 Å². The van der Waals surface area contributed by atoms with Gasteiger partial charge in [-0.3, -0.25) is 0 Å². The third-order valence-electron chi connectivity index (χ3n) is 6.15. The fraction of sp³-hybridized carbons (Fsp3) is 0.667. The Morgan fingerprint density at radius 1 is 1.20 bits per heavy atom. The summed E-state index contributed by atoms with van der Waals surface area (Å²) < 4.78 is 0. The zero-order valence-corrected chi connectivity index (χ0v) is 13.4. The molecule has 2 fully saturated rings. The van der Waals surface area contributed by atoms with Gasteiger partial charge in [0.15, 0.2) is 0 Å². The normalized spacial score (nSPS) is 38.0. The topological polar surface area (TPSA) is 12.0 Å². The lowest BCUT2D eigenvalue weighted by Gasteiger charge is -2.53. The largest absolute Gasteiger partial charge is 0.316 e. The second-order valence-corrected chi connectivity index (χ2v) is 7.33. The van der Waals surface area contributed by atoms with Gasteiger partial charge in [-0.1, -0.05) is 56.5 Å². The van der Waals surface area contributed by atoms with Crippen molar-refractivity contribution in [3.05, 3.63) is 34.9 Å². The monoisotopic (exact) mass is 291 g/mol. The van der Waals surface area contributed by atoms with Gasteiger partial charge in [0, 0.05) is 17.5 Å². The number of rotatable bonds is 1. The fourth-order valence-corrected chi connectivity index (χ4v) is 5.03. The van der Waals surface area contributed by atoms with Crippen LogP contribution in [0.5, 0.6) is 0 Å². The number of hydrogen-bond acceptors (Lipinski definition) is 1.